The summed E-state index contributed by atoms with van der Waals surface area (Å²) in [6.45, 7) is 5.51. The van der Waals surface area contributed by atoms with Gasteiger partial charge in [-0.25, -0.2) is 0 Å². The molecule has 0 unspecified atom stereocenters. The van der Waals surface area contributed by atoms with Gasteiger partial charge in [-0.05, 0) is 36.8 Å². The molecule has 1 N–H and O–H groups in total. The standard InChI is InChI=1S/C23H20N4O4/c1-4-11-25-21(28)16(14-24)13-17-22(31-19-10-6-5-9-18(19)30-3)26-20-15(2)8-7-12-27(20)23(17)29/h4-10,12-13H,1,11H2,2-3H3,(H,25,28)/b16-13-. The lowest BCUT2D eigenvalue weighted by Crippen LogP contribution is -2.25. The molecule has 3 aromatic rings. The summed E-state index contributed by atoms with van der Waals surface area (Å²) in [7, 11) is 1.49. The molecule has 0 saturated carbocycles. The number of pyridine rings is 1. The SMILES string of the molecule is C=CCNC(=O)/C(C#N)=C\c1c(Oc2ccccc2OC)nc2c(C)cccn2c1=O. The number of nitrogens with zero attached hydrogens (tertiary/aromatic N) is 3. The fourth-order valence-corrected chi connectivity index (χ4v) is 2.85. The van der Waals surface area contributed by atoms with Gasteiger partial charge in [-0.15, -0.1) is 6.58 Å². The average molecular weight is 416 g/mol. The van der Waals surface area contributed by atoms with Crippen LogP contribution in [0.5, 0.6) is 17.4 Å². The van der Waals surface area contributed by atoms with E-state index in [9.17, 15) is 14.9 Å². The van der Waals surface area contributed by atoms with E-state index in [4.69, 9.17) is 9.47 Å². The molecule has 8 nitrogen and oxygen atoms in total. The van der Waals surface area contributed by atoms with Gasteiger partial charge in [0.25, 0.3) is 11.5 Å². The Morgan fingerprint density at radius 2 is 2.03 bits per heavy atom. The molecule has 8 heteroatoms. The number of methoxy groups -OCH3 is 1. The molecule has 0 aliphatic carbocycles. The molecule has 31 heavy (non-hydrogen) atoms. The molecule has 0 aliphatic rings. The predicted molar refractivity (Wildman–Crippen MR) is 116 cm³/mol. The Hall–Kier alpha value is -4.38. The Labute approximate surface area is 178 Å². The zero-order valence-corrected chi connectivity index (χ0v) is 17.1. The van der Waals surface area contributed by atoms with Crippen molar-refractivity contribution in [1.29, 1.82) is 5.26 Å². The molecular formula is C23H20N4O4. The lowest BCUT2D eigenvalue weighted by atomic mass is 10.1. The quantitative estimate of drug-likeness (QED) is 0.361. The maximum absolute atomic E-state index is 13.2. The summed E-state index contributed by atoms with van der Waals surface area (Å²) in [5.41, 5.74) is 0.355. The fraction of sp³-hybridized carbons (Fsp3) is 0.130. The number of aryl methyl sites for hydroxylation is 1. The van der Waals surface area contributed by atoms with Crippen LogP contribution >= 0.6 is 0 Å². The molecule has 0 atom stereocenters. The van der Waals surface area contributed by atoms with Gasteiger partial charge in [0, 0.05) is 12.7 Å². The first kappa shape index (κ1) is 21.3. The van der Waals surface area contributed by atoms with Gasteiger partial charge in [-0.2, -0.15) is 10.2 Å². The molecule has 0 fully saturated rings. The normalized spacial score (nSPS) is 10.9. The third-order valence-corrected chi connectivity index (χ3v) is 4.39. The number of amides is 1. The summed E-state index contributed by atoms with van der Waals surface area (Å²) in [5.74, 6) is 0.0833. The van der Waals surface area contributed by atoms with Crippen molar-refractivity contribution in [3.05, 3.63) is 82.3 Å². The van der Waals surface area contributed by atoms with Crippen molar-refractivity contribution < 1.29 is 14.3 Å². The van der Waals surface area contributed by atoms with Gasteiger partial charge >= 0.3 is 0 Å². The highest BCUT2D eigenvalue weighted by molar-refractivity contribution is 6.02. The number of hydrogen-bond donors (Lipinski definition) is 1. The topological polar surface area (TPSA) is 106 Å². The van der Waals surface area contributed by atoms with Crippen molar-refractivity contribution in [3.63, 3.8) is 0 Å². The van der Waals surface area contributed by atoms with Crippen molar-refractivity contribution in [2.24, 2.45) is 0 Å². The van der Waals surface area contributed by atoms with Gasteiger partial charge in [-0.1, -0.05) is 24.3 Å². The average Bonchev–Trinajstić information content (AvgIpc) is 2.78. The van der Waals surface area contributed by atoms with E-state index in [1.54, 1.807) is 36.5 Å². The number of benzene rings is 1. The lowest BCUT2D eigenvalue weighted by molar-refractivity contribution is -0.116. The van der Waals surface area contributed by atoms with E-state index in [2.05, 4.69) is 16.9 Å². The number of carbonyl (C=O) groups is 1. The highest BCUT2D eigenvalue weighted by Crippen LogP contribution is 2.32. The zero-order chi connectivity index (χ0) is 22.4. The Balaban J connectivity index is 2.24. The number of aromatic nitrogens is 2. The summed E-state index contributed by atoms with van der Waals surface area (Å²) in [6.07, 6.45) is 4.22. The Morgan fingerprint density at radius 3 is 2.71 bits per heavy atom. The Morgan fingerprint density at radius 1 is 1.29 bits per heavy atom. The molecule has 2 aromatic heterocycles. The Kier molecular flexibility index (Phi) is 6.48. The first-order valence-electron chi connectivity index (χ1n) is 9.34. The highest BCUT2D eigenvalue weighted by atomic mass is 16.5. The molecule has 0 saturated heterocycles. The number of hydrogen-bond acceptors (Lipinski definition) is 6. The number of carbonyl (C=O) groups excluding carboxylic acids is 1. The second kappa shape index (κ2) is 9.41. The van der Waals surface area contributed by atoms with Gasteiger partial charge < -0.3 is 14.8 Å². The molecule has 1 aromatic carbocycles. The van der Waals surface area contributed by atoms with Crippen LogP contribution < -0.4 is 20.3 Å². The molecular weight excluding hydrogens is 396 g/mol. The van der Waals surface area contributed by atoms with Crippen molar-refractivity contribution >= 4 is 17.6 Å². The van der Waals surface area contributed by atoms with E-state index in [-0.39, 0.29) is 23.6 Å². The minimum Gasteiger partial charge on any atom is -0.493 e. The second-order valence-electron chi connectivity index (χ2n) is 6.44. The molecule has 0 spiro atoms. The van der Waals surface area contributed by atoms with Crippen LogP contribution in [0.3, 0.4) is 0 Å². The first-order chi connectivity index (χ1) is 15.0. The summed E-state index contributed by atoms with van der Waals surface area (Å²) in [4.78, 5) is 30.0. The van der Waals surface area contributed by atoms with Crippen LogP contribution in [0.25, 0.3) is 11.7 Å². The monoisotopic (exact) mass is 416 g/mol. The number of para-hydroxylation sites is 2. The minimum atomic E-state index is -0.639. The van der Waals surface area contributed by atoms with E-state index >= 15 is 0 Å². The maximum atomic E-state index is 13.2. The van der Waals surface area contributed by atoms with Crippen LogP contribution in [0, 0.1) is 18.3 Å². The van der Waals surface area contributed by atoms with E-state index in [1.807, 2.05) is 19.1 Å². The molecule has 3 rings (SSSR count). The smallest absolute Gasteiger partial charge is 0.269 e. The van der Waals surface area contributed by atoms with Gasteiger partial charge in [-0.3, -0.25) is 14.0 Å². The number of rotatable bonds is 7. The summed E-state index contributed by atoms with van der Waals surface area (Å²) in [6, 6.07) is 12.2. The van der Waals surface area contributed by atoms with Crippen LogP contribution in [0.15, 0.2) is 65.6 Å². The molecule has 2 heterocycles. The summed E-state index contributed by atoms with van der Waals surface area (Å²) in [5, 5.41) is 12.0. The molecule has 0 radical (unpaired) electrons. The molecule has 0 bridgehead atoms. The summed E-state index contributed by atoms with van der Waals surface area (Å²) >= 11 is 0. The molecule has 0 aliphatic heterocycles. The number of fused-ring (bicyclic) bond motifs is 1. The van der Waals surface area contributed by atoms with Crippen molar-refractivity contribution in [1.82, 2.24) is 14.7 Å². The van der Waals surface area contributed by atoms with Crippen molar-refractivity contribution in [2.45, 2.75) is 6.92 Å². The van der Waals surface area contributed by atoms with E-state index < -0.39 is 11.5 Å². The largest absolute Gasteiger partial charge is 0.493 e. The Bertz CT molecular complexity index is 1280. The van der Waals surface area contributed by atoms with E-state index in [0.717, 1.165) is 5.56 Å². The van der Waals surface area contributed by atoms with Gasteiger partial charge in [0.05, 0.1) is 7.11 Å². The molecule has 156 valence electrons. The third-order valence-electron chi connectivity index (χ3n) is 4.39. The number of nitriles is 1. The number of nitrogens with one attached hydrogen (secondary N) is 1. The van der Waals surface area contributed by atoms with E-state index in [1.165, 1.54) is 23.7 Å². The van der Waals surface area contributed by atoms with Crippen LogP contribution in [-0.2, 0) is 4.79 Å². The highest BCUT2D eigenvalue weighted by Gasteiger charge is 2.18. The van der Waals surface area contributed by atoms with Crippen LogP contribution in [0.1, 0.15) is 11.1 Å². The van der Waals surface area contributed by atoms with E-state index in [0.29, 0.717) is 17.1 Å². The van der Waals surface area contributed by atoms with Gasteiger partial charge in [0.2, 0.25) is 5.88 Å². The lowest BCUT2D eigenvalue weighted by Gasteiger charge is -2.13. The van der Waals surface area contributed by atoms with Crippen molar-refractivity contribution in [2.75, 3.05) is 13.7 Å². The first-order valence-corrected chi connectivity index (χ1v) is 9.34. The fourth-order valence-electron chi connectivity index (χ4n) is 2.85. The van der Waals surface area contributed by atoms with Crippen LogP contribution in [-0.4, -0.2) is 28.9 Å². The second-order valence-corrected chi connectivity index (χ2v) is 6.44. The molecule has 1 amide bonds. The predicted octanol–water partition coefficient (Wildman–Crippen LogP) is 3.01. The number of ether oxygens (including phenoxy) is 2. The van der Waals surface area contributed by atoms with Crippen molar-refractivity contribution in [3.8, 4) is 23.4 Å². The van der Waals surface area contributed by atoms with Crippen LogP contribution in [0.2, 0.25) is 0 Å². The minimum absolute atomic E-state index is 0.0423. The van der Waals surface area contributed by atoms with Gasteiger partial charge in [0.1, 0.15) is 22.9 Å². The summed E-state index contributed by atoms with van der Waals surface area (Å²) < 4.78 is 12.6. The maximum Gasteiger partial charge on any atom is 0.269 e. The zero-order valence-electron chi connectivity index (χ0n) is 17.1. The van der Waals surface area contributed by atoms with Gasteiger partial charge in [0.15, 0.2) is 11.5 Å². The third kappa shape index (κ3) is 4.46. The van der Waals surface area contributed by atoms with Crippen LogP contribution in [0.4, 0.5) is 0 Å².